The minimum atomic E-state index is -5.17. The maximum Gasteiger partial charge on any atom is 0.491 e. The fourth-order valence-electron chi connectivity index (χ4n) is 2.32. The number of ether oxygens (including phenoxy) is 2. The van der Waals surface area contributed by atoms with Crippen molar-refractivity contribution in [2.75, 3.05) is 18.9 Å². The summed E-state index contributed by atoms with van der Waals surface area (Å²) in [6.45, 7) is 1.09. The number of benzene rings is 2. The lowest BCUT2D eigenvalue weighted by atomic mass is 10.2. The summed E-state index contributed by atoms with van der Waals surface area (Å²) in [5.41, 5.74) is 2.19. The molecule has 0 atom stereocenters. The second kappa shape index (κ2) is 12.2. The molecule has 0 aliphatic rings. The van der Waals surface area contributed by atoms with Crippen LogP contribution in [0.1, 0.15) is 17.5 Å². The van der Waals surface area contributed by atoms with Gasteiger partial charge in [-0.1, -0.05) is 42.5 Å². The van der Waals surface area contributed by atoms with Crippen LogP contribution in [0.2, 0.25) is 0 Å². The van der Waals surface area contributed by atoms with Crippen LogP contribution in [0.15, 0.2) is 54.6 Å². The predicted octanol–water partition coefficient (Wildman–Crippen LogP) is 4.11. The first kappa shape index (κ1) is 23.8. The fourth-order valence-corrected chi connectivity index (χ4v) is 3.10. The van der Waals surface area contributed by atoms with Crippen LogP contribution in [0.3, 0.4) is 0 Å². The second-order valence-electron chi connectivity index (χ2n) is 6.22. The minimum Gasteiger partial charge on any atom is -0.493 e. The van der Waals surface area contributed by atoms with Gasteiger partial charge >= 0.3 is 18.1 Å². The lowest BCUT2D eigenvalue weighted by molar-refractivity contribution is -0.201. The molecule has 0 aliphatic carbocycles. The number of nitrogens with one attached hydrogen (secondary N) is 1. The van der Waals surface area contributed by atoms with Gasteiger partial charge in [-0.05, 0) is 23.3 Å². The molecule has 2 rings (SSSR count). The summed E-state index contributed by atoms with van der Waals surface area (Å²) in [5.74, 6) is -1.17. The normalized spacial score (nSPS) is 11.2. The Labute approximate surface area is 176 Å². The molecule has 2 aromatic rings. The highest BCUT2D eigenvalue weighted by atomic mass is 32.2. The highest BCUT2D eigenvalue weighted by Gasteiger charge is 2.42. The Kier molecular flexibility index (Phi) is 9.69. The highest BCUT2D eigenvalue weighted by Crippen LogP contribution is 2.17. The number of halogens is 3. The summed E-state index contributed by atoms with van der Waals surface area (Å²) in [7, 11) is 0. The van der Waals surface area contributed by atoms with Gasteiger partial charge in [0.25, 0.3) is 0 Å². The van der Waals surface area contributed by atoms with E-state index in [1.807, 2.05) is 42.5 Å². The van der Waals surface area contributed by atoms with E-state index in [-0.39, 0.29) is 13.0 Å². The Hall–Kier alpha value is -2.52. The molecule has 9 heteroatoms. The van der Waals surface area contributed by atoms with Crippen molar-refractivity contribution in [3.63, 3.8) is 0 Å². The molecule has 162 valence electrons. The van der Waals surface area contributed by atoms with Gasteiger partial charge in [0.2, 0.25) is 0 Å². The maximum absolute atomic E-state index is 12.0. The van der Waals surface area contributed by atoms with E-state index < -0.39 is 18.1 Å². The van der Waals surface area contributed by atoms with Crippen molar-refractivity contribution in [2.45, 2.75) is 24.9 Å². The summed E-state index contributed by atoms with van der Waals surface area (Å²) >= 11 is 1.79. The number of rotatable bonds is 11. The van der Waals surface area contributed by atoms with Gasteiger partial charge in [-0.3, -0.25) is 4.79 Å². The Bertz CT molecular complexity index is 798. The first-order valence-electron chi connectivity index (χ1n) is 9.20. The number of hydrogen-bond acceptors (Lipinski definition) is 6. The number of alkyl halides is 3. The van der Waals surface area contributed by atoms with E-state index in [9.17, 15) is 22.8 Å². The van der Waals surface area contributed by atoms with Gasteiger partial charge in [0, 0.05) is 24.6 Å². The molecule has 0 heterocycles. The van der Waals surface area contributed by atoms with E-state index >= 15 is 0 Å². The van der Waals surface area contributed by atoms with E-state index in [2.05, 4.69) is 22.2 Å². The Morgan fingerprint density at radius 2 is 1.67 bits per heavy atom. The largest absolute Gasteiger partial charge is 0.493 e. The summed E-state index contributed by atoms with van der Waals surface area (Å²) in [5, 5.41) is 2.90. The SMILES string of the molecule is O=C(CCNCc1ccc(OCCSCc2ccccc2)cc1)OC(=O)C(F)(F)F. The molecular weight excluding hydrogens is 419 g/mol. The van der Waals surface area contributed by atoms with Crippen LogP contribution in [-0.4, -0.2) is 37.0 Å². The van der Waals surface area contributed by atoms with Gasteiger partial charge in [-0.2, -0.15) is 24.9 Å². The average Bonchev–Trinajstić information content (AvgIpc) is 2.72. The third-order valence-electron chi connectivity index (χ3n) is 3.80. The molecule has 0 saturated heterocycles. The second-order valence-corrected chi connectivity index (χ2v) is 7.32. The van der Waals surface area contributed by atoms with Gasteiger partial charge in [-0.15, -0.1) is 0 Å². The number of esters is 2. The van der Waals surface area contributed by atoms with E-state index in [1.54, 1.807) is 11.8 Å². The minimum absolute atomic E-state index is 0.0842. The molecule has 5 nitrogen and oxygen atoms in total. The van der Waals surface area contributed by atoms with Crippen molar-refractivity contribution in [1.29, 1.82) is 0 Å². The Morgan fingerprint density at radius 3 is 2.33 bits per heavy atom. The zero-order valence-corrected chi connectivity index (χ0v) is 16.9. The maximum atomic E-state index is 12.0. The lowest BCUT2D eigenvalue weighted by Crippen LogP contribution is -2.29. The van der Waals surface area contributed by atoms with Crippen molar-refractivity contribution in [1.82, 2.24) is 5.32 Å². The molecule has 0 bridgehead atoms. The molecule has 0 unspecified atom stereocenters. The van der Waals surface area contributed by atoms with Crippen LogP contribution in [0, 0.1) is 0 Å². The lowest BCUT2D eigenvalue weighted by Gasteiger charge is -2.08. The summed E-state index contributed by atoms with van der Waals surface area (Å²) < 4.78 is 45.3. The number of thioether (sulfide) groups is 1. The Morgan fingerprint density at radius 1 is 0.967 bits per heavy atom. The summed E-state index contributed by atoms with van der Waals surface area (Å²) in [4.78, 5) is 21.7. The standard InChI is InChI=1S/C21H22F3NO4S/c22-21(23,24)20(27)29-19(26)10-11-25-14-16-6-8-18(9-7-16)28-12-13-30-15-17-4-2-1-3-5-17/h1-9,25H,10-15H2. The first-order valence-corrected chi connectivity index (χ1v) is 10.4. The van der Waals surface area contributed by atoms with E-state index in [0.29, 0.717) is 13.2 Å². The monoisotopic (exact) mass is 441 g/mol. The van der Waals surface area contributed by atoms with Crippen LogP contribution in [0.5, 0.6) is 5.75 Å². The molecule has 1 N–H and O–H groups in total. The van der Waals surface area contributed by atoms with Crippen molar-refractivity contribution < 1.29 is 32.2 Å². The highest BCUT2D eigenvalue weighted by molar-refractivity contribution is 7.98. The molecule has 2 aromatic carbocycles. The number of hydrogen-bond donors (Lipinski definition) is 1. The predicted molar refractivity (Wildman–Crippen MR) is 108 cm³/mol. The quantitative estimate of drug-likeness (QED) is 0.322. The third kappa shape index (κ3) is 9.32. The van der Waals surface area contributed by atoms with Crippen LogP contribution < -0.4 is 10.1 Å². The third-order valence-corrected chi connectivity index (χ3v) is 4.80. The van der Waals surface area contributed by atoms with Crippen molar-refractivity contribution in [3.8, 4) is 5.75 Å². The van der Waals surface area contributed by atoms with Crippen LogP contribution >= 0.6 is 11.8 Å². The van der Waals surface area contributed by atoms with Crippen molar-refractivity contribution in [2.24, 2.45) is 0 Å². The Balaban J connectivity index is 1.57. The van der Waals surface area contributed by atoms with Gasteiger partial charge in [-0.25, -0.2) is 4.79 Å². The molecule has 0 fully saturated rings. The number of carbonyl (C=O) groups is 2. The van der Waals surface area contributed by atoms with Crippen LogP contribution in [0.4, 0.5) is 13.2 Å². The number of carbonyl (C=O) groups excluding carboxylic acids is 2. The van der Waals surface area contributed by atoms with Gasteiger partial charge < -0.3 is 14.8 Å². The molecule has 0 amide bonds. The summed E-state index contributed by atoms with van der Waals surface area (Å²) in [6.07, 6.45) is -5.52. The molecule has 0 saturated carbocycles. The first-order chi connectivity index (χ1) is 14.3. The van der Waals surface area contributed by atoms with Crippen molar-refractivity contribution in [3.05, 3.63) is 65.7 Å². The molecule has 0 spiro atoms. The van der Waals surface area contributed by atoms with Gasteiger partial charge in [0.15, 0.2) is 0 Å². The molecule has 0 radical (unpaired) electrons. The zero-order chi connectivity index (χ0) is 21.8. The van der Waals surface area contributed by atoms with Crippen LogP contribution in [-0.2, 0) is 26.6 Å². The molecule has 0 aromatic heterocycles. The van der Waals surface area contributed by atoms with E-state index in [0.717, 1.165) is 22.8 Å². The molecule has 30 heavy (non-hydrogen) atoms. The van der Waals surface area contributed by atoms with Gasteiger partial charge in [0.05, 0.1) is 13.0 Å². The van der Waals surface area contributed by atoms with Crippen molar-refractivity contribution >= 4 is 23.7 Å². The average molecular weight is 441 g/mol. The molecule has 0 aliphatic heterocycles. The summed E-state index contributed by atoms with van der Waals surface area (Å²) in [6, 6.07) is 17.6. The molecular formula is C21H22F3NO4S. The van der Waals surface area contributed by atoms with Gasteiger partial charge in [0.1, 0.15) is 5.75 Å². The fraction of sp³-hybridized carbons (Fsp3) is 0.333. The smallest absolute Gasteiger partial charge is 0.491 e. The zero-order valence-electron chi connectivity index (χ0n) is 16.1. The topological polar surface area (TPSA) is 64.6 Å². The van der Waals surface area contributed by atoms with E-state index in [4.69, 9.17) is 4.74 Å². The van der Waals surface area contributed by atoms with Crippen LogP contribution in [0.25, 0.3) is 0 Å². The van der Waals surface area contributed by atoms with E-state index in [1.165, 1.54) is 5.56 Å².